The molecular weight excluding hydrogens is 176 g/mol. The molecule has 1 atom stereocenters. The lowest BCUT2D eigenvalue weighted by Crippen LogP contribution is -2.19. The minimum Gasteiger partial charge on any atom is -0.359 e. The first-order valence-electron chi connectivity index (χ1n) is 3.96. The summed E-state index contributed by atoms with van der Waals surface area (Å²) >= 11 is 0. The molecule has 0 radical (unpaired) electrons. The molecule has 0 bridgehead atoms. The third-order valence-electron chi connectivity index (χ3n) is 1.40. The summed E-state index contributed by atoms with van der Waals surface area (Å²) in [5, 5.41) is 2.51. The summed E-state index contributed by atoms with van der Waals surface area (Å²) in [5.74, 6) is 1.11. The van der Waals surface area contributed by atoms with E-state index in [1.807, 2.05) is 0 Å². The summed E-state index contributed by atoms with van der Waals surface area (Å²) in [6, 6.07) is 0. The Morgan fingerprint density at radius 1 is 1.50 bits per heavy atom. The monoisotopic (exact) mass is 192 g/mol. The molecule has 0 aromatic heterocycles. The molecule has 4 nitrogen and oxygen atoms in total. The molecule has 0 aromatic carbocycles. The van der Waals surface area contributed by atoms with Crippen LogP contribution in [-0.2, 0) is 15.6 Å². The van der Waals surface area contributed by atoms with Crippen LogP contribution in [0.15, 0.2) is 0 Å². The summed E-state index contributed by atoms with van der Waals surface area (Å²) in [7, 11) is 0.753. The van der Waals surface area contributed by atoms with Crippen LogP contribution in [-0.4, -0.2) is 35.2 Å². The number of carbonyl (C=O) groups is 1. The van der Waals surface area contributed by atoms with Crippen molar-refractivity contribution in [3.05, 3.63) is 0 Å². The lowest BCUT2D eigenvalue weighted by atomic mass is 10.3. The number of carbonyl (C=O) groups excluding carboxylic acids is 1. The van der Waals surface area contributed by atoms with Gasteiger partial charge in [0.15, 0.2) is 0 Å². The fraction of sp³-hybridized carbons (Fsp3) is 0.857. The summed E-state index contributed by atoms with van der Waals surface area (Å²) < 4.78 is 11.0. The molecule has 0 aliphatic carbocycles. The van der Waals surface area contributed by atoms with E-state index in [0.29, 0.717) is 30.9 Å². The van der Waals surface area contributed by atoms with E-state index in [1.54, 1.807) is 7.05 Å². The second-order valence-corrected chi connectivity index (χ2v) is 4.11. The van der Waals surface area contributed by atoms with E-state index in [-0.39, 0.29) is 5.91 Å². The maximum absolute atomic E-state index is 11.0. The highest BCUT2D eigenvalue weighted by Gasteiger charge is 2.01. The van der Waals surface area contributed by atoms with E-state index in [4.69, 9.17) is 5.73 Å². The largest absolute Gasteiger partial charge is 0.359 e. The lowest BCUT2D eigenvalue weighted by Gasteiger charge is -1.99. The van der Waals surface area contributed by atoms with Gasteiger partial charge in [-0.15, -0.1) is 0 Å². The van der Waals surface area contributed by atoms with E-state index in [1.165, 1.54) is 0 Å². The first-order chi connectivity index (χ1) is 5.70. The van der Waals surface area contributed by atoms with Crippen LogP contribution >= 0.6 is 0 Å². The summed E-state index contributed by atoms with van der Waals surface area (Å²) in [5.41, 5.74) is 5.21. The van der Waals surface area contributed by atoms with E-state index in [9.17, 15) is 9.00 Å². The third-order valence-corrected chi connectivity index (χ3v) is 2.84. The predicted molar refractivity (Wildman–Crippen MR) is 50.2 cm³/mol. The molecule has 0 aliphatic rings. The second-order valence-electron chi connectivity index (χ2n) is 2.41. The van der Waals surface area contributed by atoms with Crippen LogP contribution in [0.1, 0.15) is 12.8 Å². The molecule has 0 aromatic rings. The Bertz CT molecular complexity index is 161. The van der Waals surface area contributed by atoms with Gasteiger partial charge in [0.25, 0.3) is 0 Å². The minimum absolute atomic E-state index is 0.000233. The number of hydrogen-bond donors (Lipinski definition) is 2. The molecule has 0 saturated heterocycles. The standard InChI is InChI=1S/C7H16N2O2S/c1-9-7(10)3-2-5-12(11)6-4-8/h2-6,8H2,1H3,(H,9,10). The van der Waals surface area contributed by atoms with Gasteiger partial charge in [-0.1, -0.05) is 0 Å². The average Bonchev–Trinajstić information content (AvgIpc) is 2.04. The first kappa shape index (κ1) is 11.6. The summed E-state index contributed by atoms with van der Waals surface area (Å²) in [6.45, 7) is 0.451. The zero-order valence-electron chi connectivity index (χ0n) is 7.34. The molecule has 0 aliphatic heterocycles. The number of nitrogens with two attached hydrogens (primary N) is 1. The zero-order chi connectivity index (χ0) is 9.40. The Balaban J connectivity index is 3.30. The summed E-state index contributed by atoms with van der Waals surface area (Å²) in [6.07, 6.45) is 1.12. The summed E-state index contributed by atoms with van der Waals surface area (Å²) in [4.78, 5) is 10.7. The number of hydrogen-bond acceptors (Lipinski definition) is 3. The number of amides is 1. The van der Waals surface area contributed by atoms with Crippen molar-refractivity contribution >= 4 is 16.7 Å². The van der Waals surface area contributed by atoms with Crippen LogP contribution in [0.3, 0.4) is 0 Å². The van der Waals surface area contributed by atoms with Crippen LogP contribution in [0, 0.1) is 0 Å². The highest BCUT2D eigenvalue weighted by Crippen LogP contribution is 1.92. The SMILES string of the molecule is CNC(=O)CCCS(=O)CCN. The maximum Gasteiger partial charge on any atom is 0.219 e. The van der Waals surface area contributed by atoms with Crippen molar-refractivity contribution in [3.8, 4) is 0 Å². The molecule has 1 amide bonds. The number of rotatable bonds is 6. The predicted octanol–water partition coefficient (Wildman–Crippen LogP) is -0.780. The molecule has 1 unspecified atom stereocenters. The van der Waals surface area contributed by atoms with Gasteiger partial charge in [0.2, 0.25) is 5.91 Å². The Morgan fingerprint density at radius 2 is 2.17 bits per heavy atom. The normalized spacial score (nSPS) is 12.5. The van der Waals surface area contributed by atoms with Crippen LogP contribution in [0.2, 0.25) is 0 Å². The van der Waals surface area contributed by atoms with Crippen molar-refractivity contribution in [2.24, 2.45) is 5.73 Å². The average molecular weight is 192 g/mol. The van der Waals surface area contributed by atoms with Gasteiger partial charge in [0.1, 0.15) is 0 Å². The molecule has 0 saturated carbocycles. The topological polar surface area (TPSA) is 72.2 Å². The van der Waals surface area contributed by atoms with E-state index in [2.05, 4.69) is 5.32 Å². The maximum atomic E-state index is 11.0. The first-order valence-corrected chi connectivity index (χ1v) is 5.45. The van der Waals surface area contributed by atoms with Crippen molar-refractivity contribution in [2.45, 2.75) is 12.8 Å². The highest BCUT2D eigenvalue weighted by atomic mass is 32.2. The molecule has 0 fully saturated rings. The Morgan fingerprint density at radius 3 is 2.67 bits per heavy atom. The molecule has 0 spiro atoms. The van der Waals surface area contributed by atoms with Gasteiger partial charge in [0, 0.05) is 42.3 Å². The highest BCUT2D eigenvalue weighted by molar-refractivity contribution is 7.84. The molecule has 12 heavy (non-hydrogen) atoms. The van der Waals surface area contributed by atoms with E-state index < -0.39 is 10.8 Å². The number of nitrogens with one attached hydrogen (secondary N) is 1. The van der Waals surface area contributed by atoms with Gasteiger partial charge in [-0.2, -0.15) is 0 Å². The lowest BCUT2D eigenvalue weighted by molar-refractivity contribution is -0.120. The zero-order valence-corrected chi connectivity index (χ0v) is 8.15. The molecule has 0 rings (SSSR count). The van der Waals surface area contributed by atoms with Gasteiger partial charge in [-0.25, -0.2) is 0 Å². The molecule has 3 N–H and O–H groups in total. The van der Waals surface area contributed by atoms with E-state index in [0.717, 1.165) is 0 Å². The molecular formula is C7H16N2O2S. The minimum atomic E-state index is -0.843. The Hall–Kier alpha value is -0.420. The van der Waals surface area contributed by atoms with Gasteiger partial charge < -0.3 is 11.1 Å². The van der Waals surface area contributed by atoms with Crippen LogP contribution in [0.4, 0.5) is 0 Å². The Labute approximate surface area is 75.4 Å². The van der Waals surface area contributed by atoms with Crippen LogP contribution in [0.5, 0.6) is 0 Å². The second kappa shape index (κ2) is 7.24. The quantitative estimate of drug-likeness (QED) is 0.580. The molecule has 0 heterocycles. The van der Waals surface area contributed by atoms with Crippen LogP contribution in [0.25, 0.3) is 0 Å². The van der Waals surface area contributed by atoms with E-state index >= 15 is 0 Å². The van der Waals surface area contributed by atoms with Crippen molar-refractivity contribution in [3.63, 3.8) is 0 Å². The van der Waals surface area contributed by atoms with Gasteiger partial charge >= 0.3 is 0 Å². The van der Waals surface area contributed by atoms with Crippen molar-refractivity contribution < 1.29 is 9.00 Å². The van der Waals surface area contributed by atoms with Crippen molar-refractivity contribution in [1.29, 1.82) is 0 Å². The van der Waals surface area contributed by atoms with Crippen LogP contribution < -0.4 is 11.1 Å². The molecule has 5 heteroatoms. The van der Waals surface area contributed by atoms with Gasteiger partial charge in [0.05, 0.1) is 0 Å². The van der Waals surface area contributed by atoms with Crippen molar-refractivity contribution in [1.82, 2.24) is 5.32 Å². The smallest absolute Gasteiger partial charge is 0.219 e. The third kappa shape index (κ3) is 6.30. The Kier molecular flexibility index (Phi) is 6.99. The molecule has 72 valence electrons. The van der Waals surface area contributed by atoms with Crippen molar-refractivity contribution in [2.75, 3.05) is 25.1 Å². The fourth-order valence-electron chi connectivity index (χ4n) is 0.752. The van der Waals surface area contributed by atoms with Gasteiger partial charge in [-0.3, -0.25) is 9.00 Å². The fourth-order valence-corrected chi connectivity index (χ4v) is 1.69. The van der Waals surface area contributed by atoms with Gasteiger partial charge in [-0.05, 0) is 6.42 Å².